The number of carbonyl (C=O) groups excluding carboxylic acids is 1. The van der Waals surface area contributed by atoms with Crippen molar-refractivity contribution < 1.29 is 9.53 Å². The molecule has 0 aliphatic heterocycles. The maximum absolute atomic E-state index is 10.6. The van der Waals surface area contributed by atoms with Gasteiger partial charge in [-0.3, -0.25) is 0 Å². The van der Waals surface area contributed by atoms with Crippen molar-refractivity contribution in [2.75, 3.05) is 7.11 Å². The summed E-state index contributed by atoms with van der Waals surface area (Å²) in [6.45, 7) is 0. The van der Waals surface area contributed by atoms with Gasteiger partial charge in [-0.2, -0.15) is 0 Å². The van der Waals surface area contributed by atoms with Crippen molar-refractivity contribution in [2.45, 2.75) is 0 Å². The van der Waals surface area contributed by atoms with Crippen molar-refractivity contribution in [1.29, 1.82) is 0 Å². The molecule has 1 heterocycles. The quantitative estimate of drug-likeness (QED) is 0.630. The van der Waals surface area contributed by atoms with Crippen molar-refractivity contribution in [3.05, 3.63) is 24.0 Å². The third-order valence-corrected chi connectivity index (χ3v) is 1.00. The van der Waals surface area contributed by atoms with Gasteiger partial charge in [0.25, 0.3) is 0 Å². The smallest absolute Gasteiger partial charge is 0.354 e. The number of hydrogen-bond acceptors (Lipinski definition) is 2. The lowest BCUT2D eigenvalue weighted by molar-refractivity contribution is 0.0595. The molecule has 56 valence electrons. The van der Waals surface area contributed by atoms with E-state index in [0.29, 0.717) is 5.69 Å². The SMILES string of the molecule is COC(=O)c1ccc[nH]1.Cl. The van der Waals surface area contributed by atoms with Gasteiger partial charge in [0.15, 0.2) is 0 Å². The fraction of sp³-hybridized carbons (Fsp3) is 0.167. The number of aromatic nitrogens is 1. The first-order chi connectivity index (χ1) is 4.34. The van der Waals surface area contributed by atoms with E-state index in [-0.39, 0.29) is 18.4 Å². The lowest BCUT2D eigenvalue weighted by atomic mass is 10.4. The number of rotatable bonds is 1. The molecule has 1 aromatic rings. The first kappa shape index (κ1) is 9.04. The van der Waals surface area contributed by atoms with Crippen molar-refractivity contribution in [3.8, 4) is 0 Å². The zero-order valence-corrected chi connectivity index (χ0v) is 6.27. The van der Waals surface area contributed by atoms with Crippen LogP contribution in [0.3, 0.4) is 0 Å². The first-order valence-corrected chi connectivity index (χ1v) is 2.56. The first-order valence-electron chi connectivity index (χ1n) is 2.56. The molecule has 0 atom stereocenters. The van der Waals surface area contributed by atoms with Gasteiger partial charge >= 0.3 is 5.97 Å². The van der Waals surface area contributed by atoms with Crippen LogP contribution in [0.25, 0.3) is 0 Å². The van der Waals surface area contributed by atoms with Crippen LogP contribution in [0.4, 0.5) is 0 Å². The molecule has 1 N–H and O–H groups in total. The van der Waals surface area contributed by atoms with E-state index in [1.807, 2.05) is 0 Å². The van der Waals surface area contributed by atoms with Crippen molar-refractivity contribution in [1.82, 2.24) is 4.98 Å². The van der Waals surface area contributed by atoms with Gasteiger partial charge in [-0.1, -0.05) is 0 Å². The van der Waals surface area contributed by atoms with Crippen LogP contribution in [-0.2, 0) is 4.74 Å². The maximum Gasteiger partial charge on any atom is 0.354 e. The van der Waals surface area contributed by atoms with Gasteiger partial charge in [0.2, 0.25) is 0 Å². The lowest BCUT2D eigenvalue weighted by Gasteiger charge is -1.91. The van der Waals surface area contributed by atoms with Crippen LogP contribution < -0.4 is 0 Å². The minimum Gasteiger partial charge on any atom is -0.464 e. The fourth-order valence-electron chi connectivity index (χ4n) is 0.567. The second kappa shape index (κ2) is 3.95. The number of halogens is 1. The molecule has 0 radical (unpaired) electrons. The highest BCUT2D eigenvalue weighted by molar-refractivity contribution is 5.87. The zero-order valence-electron chi connectivity index (χ0n) is 5.46. The molecule has 10 heavy (non-hydrogen) atoms. The molecule has 3 nitrogen and oxygen atoms in total. The molecule has 0 saturated carbocycles. The maximum atomic E-state index is 10.6. The monoisotopic (exact) mass is 161 g/mol. The average molecular weight is 162 g/mol. The molecule has 0 fully saturated rings. The number of carbonyl (C=O) groups is 1. The molecular formula is C6H8ClNO2. The molecule has 1 aromatic heterocycles. The molecule has 1 rings (SSSR count). The van der Waals surface area contributed by atoms with Gasteiger partial charge in [0, 0.05) is 6.20 Å². The second-order valence-electron chi connectivity index (χ2n) is 1.58. The standard InChI is InChI=1S/C6H7NO2.ClH/c1-9-6(8)5-3-2-4-7-5;/h2-4,7H,1H3;1H. The summed E-state index contributed by atoms with van der Waals surface area (Å²) in [7, 11) is 1.35. The Hall–Kier alpha value is -0.960. The summed E-state index contributed by atoms with van der Waals surface area (Å²) in [4.78, 5) is 13.3. The number of H-pyrrole nitrogens is 1. The summed E-state index contributed by atoms with van der Waals surface area (Å²) < 4.78 is 4.42. The molecule has 0 bridgehead atoms. The molecule has 0 unspecified atom stereocenters. The van der Waals surface area contributed by atoms with E-state index < -0.39 is 0 Å². The summed E-state index contributed by atoms with van der Waals surface area (Å²) in [5.41, 5.74) is 0.484. The van der Waals surface area contributed by atoms with Crippen molar-refractivity contribution >= 4 is 18.4 Å². The summed E-state index contributed by atoms with van der Waals surface area (Å²) >= 11 is 0. The number of esters is 1. The molecule has 0 amide bonds. The number of ether oxygens (including phenoxy) is 1. The van der Waals surface area contributed by atoms with Crippen molar-refractivity contribution in [3.63, 3.8) is 0 Å². The Morgan fingerprint density at radius 2 is 2.40 bits per heavy atom. The minimum atomic E-state index is -0.333. The van der Waals surface area contributed by atoms with Crippen LogP contribution in [0.15, 0.2) is 18.3 Å². The highest BCUT2D eigenvalue weighted by Gasteiger charge is 2.02. The second-order valence-corrected chi connectivity index (χ2v) is 1.58. The van der Waals surface area contributed by atoms with Gasteiger partial charge < -0.3 is 9.72 Å². The zero-order chi connectivity index (χ0) is 6.69. The number of aromatic amines is 1. The fourth-order valence-corrected chi connectivity index (χ4v) is 0.567. The van der Waals surface area contributed by atoms with E-state index in [2.05, 4.69) is 9.72 Å². The third kappa shape index (κ3) is 1.77. The van der Waals surface area contributed by atoms with Crippen LogP contribution in [0.5, 0.6) is 0 Å². The number of nitrogens with one attached hydrogen (secondary N) is 1. The molecule has 4 heteroatoms. The predicted octanol–water partition coefficient (Wildman–Crippen LogP) is 1.22. The Kier molecular flexibility index (Phi) is 3.57. The van der Waals surface area contributed by atoms with E-state index in [0.717, 1.165) is 0 Å². The Balaban J connectivity index is 0.000000810. The predicted molar refractivity (Wildman–Crippen MR) is 39.4 cm³/mol. The van der Waals surface area contributed by atoms with Gasteiger partial charge in [0.1, 0.15) is 5.69 Å². The topological polar surface area (TPSA) is 42.1 Å². The minimum absolute atomic E-state index is 0. The Morgan fingerprint density at radius 3 is 2.80 bits per heavy atom. The van der Waals surface area contributed by atoms with E-state index in [4.69, 9.17) is 0 Å². The highest BCUT2D eigenvalue weighted by atomic mass is 35.5. The van der Waals surface area contributed by atoms with Crippen LogP contribution >= 0.6 is 12.4 Å². The van der Waals surface area contributed by atoms with E-state index in [9.17, 15) is 4.79 Å². The van der Waals surface area contributed by atoms with Gasteiger partial charge in [-0.15, -0.1) is 12.4 Å². The van der Waals surface area contributed by atoms with Crippen LogP contribution in [0, 0.1) is 0 Å². The summed E-state index contributed by atoms with van der Waals surface area (Å²) in [6, 6.07) is 3.40. The van der Waals surface area contributed by atoms with Gasteiger partial charge in [-0.05, 0) is 12.1 Å². The highest BCUT2D eigenvalue weighted by Crippen LogP contribution is 1.94. The number of hydrogen-bond donors (Lipinski definition) is 1. The van der Waals surface area contributed by atoms with Gasteiger partial charge in [0.05, 0.1) is 7.11 Å². The molecule has 0 aliphatic rings. The summed E-state index contributed by atoms with van der Waals surface area (Å²) in [5.74, 6) is -0.333. The van der Waals surface area contributed by atoms with E-state index in [1.165, 1.54) is 7.11 Å². The molecule has 0 saturated heterocycles. The van der Waals surface area contributed by atoms with Gasteiger partial charge in [-0.25, -0.2) is 4.79 Å². The van der Waals surface area contributed by atoms with Crippen LogP contribution in [0.2, 0.25) is 0 Å². The average Bonchev–Trinajstić information content (AvgIpc) is 2.37. The third-order valence-electron chi connectivity index (χ3n) is 1.00. The molecule has 0 aromatic carbocycles. The largest absolute Gasteiger partial charge is 0.464 e. The van der Waals surface area contributed by atoms with Crippen LogP contribution in [0.1, 0.15) is 10.5 Å². The molecule has 0 spiro atoms. The summed E-state index contributed by atoms with van der Waals surface area (Å²) in [5, 5.41) is 0. The normalized spacial score (nSPS) is 8.10. The lowest BCUT2D eigenvalue weighted by Crippen LogP contribution is -2.00. The Morgan fingerprint density at radius 1 is 1.70 bits per heavy atom. The van der Waals surface area contributed by atoms with E-state index >= 15 is 0 Å². The van der Waals surface area contributed by atoms with Crippen molar-refractivity contribution in [2.24, 2.45) is 0 Å². The van der Waals surface area contributed by atoms with Crippen LogP contribution in [-0.4, -0.2) is 18.1 Å². The molecular weight excluding hydrogens is 154 g/mol. The number of methoxy groups -OCH3 is 1. The molecule has 0 aliphatic carbocycles. The Labute approximate surface area is 64.8 Å². The van der Waals surface area contributed by atoms with E-state index in [1.54, 1.807) is 18.3 Å². The summed E-state index contributed by atoms with van der Waals surface area (Å²) in [6.07, 6.45) is 1.67. The Bertz CT molecular complexity index is 196.